The molecule has 13 rings (SSSR count). The highest BCUT2D eigenvalue weighted by molar-refractivity contribution is 5.98. The second-order valence-electron chi connectivity index (χ2n) is 16.8. The van der Waals surface area contributed by atoms with Gasteiger partial charge in [0.1, 0.15) is 0 Å². The highest BCUT2D eigenvalue weighted by Gasteiger charge is 2.53. The number of fused-ring (bicyclic) bond motifs is 13. The zero-order valence-electron chi connectivity index (χ0n) is 34.8. The summed E-state index contributed by atoms with van der Waals surface area (Å²) in [5.41, 5.74) is 19.1. The smallest absolute Gasteiger partial charge is 0.194 e. The Morgan fingerprint density at radius 1 is 0.297 bits per heavy atom. The normalized spacial score (nSPS) is 13.1. The van der Waals surface area contributed by atoms with Crippen LogP contribution in [0.25, 0.3) is 55.6 Å². The first-order valence-corrected chi connectivity index (χ1v) is 21.9. The first-order valence-electron chi connectivity index (χ1n) is 21.9. The lowest BCUT2D eigenvalue weighted by molar-refractivity contribution is 0.361. The Morgan fingerprint density at radius 3 is 1.36 bits per heavy atom. The van der Waals surface area contributed by atoms with Gasteiger partial charge in [0, 0.05) is 16.9 Å². The minimum Gasteiger partial charge on any atom is -0.449 e. The van der Waals surface area contributed by atoms with Crippen LogP contribution in [-0.4, -0.2) is 0 Å². The minimum atomic E-state index is -0.480. The first-order chi connectivity index (χ1) is 31.7. The van der Waals surface area contributed by atoms with E-state index in [1.807, 2.05) is 6.07 Å². The van der Waals surface area contributed by atoms with Crippen LogP contribution < -0.4 is 14.4 Å². The number of hydrogen-bond donors (Lipinski definition) is 0. The van der Waals surface area contributed by atoms with E-state index in [0.29, 0.717) is 17.2 Å². The minimum absolute atomic E-state index is 0.480. The Kier molecular flexibility index (Phi) is 8.13. The molecule has 0 saturated carbocycles. The number of hydrogen-bond acceptors (Lipinski definition) is 3. The molecule has 0 fully saturated rings. The van der Waals surface area contributed by atoms with E-state index in [1.165, 1.54) is 44.5 Å². The van der Waals surface area contributed by atoms with Gasteiger partial charge in [-0.2, -0.15) is 0 Å². The van der Waals surface area contributed by atoms with Gasteiger partial charge in [0.15, 0.2) is 23.0 Å². The zero-order valence-corrected chi connectivity index (χ0v) is 34.8. The van der Waals surface area contributed by atoms with Gasteiger partial charge in [-0.25, -0.2) is 0 Å². The second kappa shape index (κ2) is 14.3. The molecule has 0 atom stereocenters. The summed E-state index contributed by atoms with van der Waals surface area (Å²) in [4.78, 5) is 2.30. The van der Waals surface area contributed by atoms with Crippen LogP contribution in [0.5, 0.6) is 23.0 Å². The van der Waals surface area contributed by atoms with Crippen LogP contribution in [0.1, 0.15) is 22.3 Å². The molecule has 1 heterocycles. The average Bonchev–Trinajstić information content (AvgIpc) is 3.84. The predicted octanol–water partition coefficient (Wildman–Crippen LogP) is 16.4. The molecule has 3 heteroatoms. The summed E-state index contributed by atoms with van der Waals surface area (Å²) >= 11 is 0. The summed E-state index contributed by atoms with van der Waals surface area (Å²) in [6, 6.07) is 84.6. The Balaban J connectivity index is 0.968. The Bertz CT molecular complexity index is 3420. The molecule has 0 amide bonds. The molecule has 64 heavy (non-hydrogen) atoms. The molecule has 1 aliphatic heterocycles. The molecule has 0 saturated heterocycles. The lowest BCUT2D eigenvalue weighted by Crippen LogP contribution is -2.25. The largest absolute Gasteiger partial charge is 0.449 e. The summed E-state index contributed by atoms with van der Waals surface area (Å²) in [5, 5.41) is 0. The van der Waals surface area contributed by atoms with Crippen molar-refractivity contribution in [2.24, 2.45) is 0 Å². The standard InChI is InChI=1S/C61H39NO2/c1-3-17-40(18-4-1)42-21-13-22-43(37-42)45-24-15-26-47(39-45)62(46-25-14-23-44(38-46)41-19-5-2-6-20-41)55-33-16-34-56-59(55)63-57-36-35-54-58(60(57)64-56)50-29-9-12-32-53(50)61(54)51-30-10-7-27-48(51)49-28-8-11-31-52(49)61/h1-39H. The van der Waals surface area contributed by atoms with Crippen molar-refractivity contribution in [2.45, 2.75) is 5.41 Å². The van der Waals surface area contributed by atoms with Gasteiger partial charge in [0.2, 0.25) is 0 Å². The molecular weight excluding hydrogens is 779 g/mol. The third kappa shape index (κ3) is 5.41. The molecule has 10 aromatic rings. The van der Waals surface area contributed by atoms with E-state index in [0.717, 1.165) is 56.2 Å². The second-order valence-corrected chi connectivity index (χ2v) is 16.8. The number of ether oxygens (including phenoxy) is 2. The van der Waals surface area contributed by atoms with Crippen molar-refractivity contribution < 1.29 is 9.47 Å². The van der Waals surface area contributed by atoms with Crippen molar-refractivity contribution in [1.29, 1.82) is 0 Å². The molecule has 0 unspecified atom stereocenters. The fourth-order valence-corrected chi connectivity index (χ4v) is 10.6. The van der Waals surface area contributed by atoms with Crippen molar-refractivity contribution in [2.75, 3.05) is 4.90 Å². The van der Waals surface area contributed by atoms with Crippen molar-refractivity contribution >= 4 is 17.1 Å². The molecule has 0 N–H and O–H groups in total. The quantitative estimate of drug-likeness (QED) is 0.167. The lowest BCUT2D eigenvalue weighted by atomic mass is 9.70. The van der Waals surface area contributed by atoms with E-state index in [1.54, 1.807) is 0 Å². The number of benzene rings is 10. The number of para-hydroxylation sites is 1. The molecule has 1 spiro atoms. The van der Waals surface area contributed by atoms with Gasteiger partial charge < -0.3 is 14.4 Å². The van der Waals surface area contributed by atoms with E-state index >= 15 is 0 Å². The van der Waals surface area contributed by atoms with Gasteiger partial charge in [-0.05, 0) is 121 Å². The molecule has 3 aliphatic rings. The van der Waals surface area contributed by atoms with E-state index < -0.39 is 5.41 Å². The summed E-state index contributed by atoms with van der Waals surface area (Å²) in [6.07, 6.45) is 0. The number of rotatable bonds is 6. The molecule has 0 bridgehead atoms. The van der Waals surface area contributed by atoms with E-state index in [9.17, 15) is 0 Å². The van der Waals surface area contributed by atoms with Crippen LogP contribution >= 0.6 is 0 Å². The molecule has 2 aliphatic carbocycles. The van der Waals surface area contributed by atoms with Crippen LogP contribution in [0.15, 0.2) is 237 Å². The van der Waals surface area contributed by atoms with E-state index in [-0.39, 0.29) is 0 Å². The fourth-order valence-electron chi connectivity index (χ4n) is 10.6. The van der Waals surface area contributed by atoms with Gasteiger partial charge in [-0.1, -0.05) is 188 Å². The number of nitrogens with zero attached hydrogens (tertiary/aromatic N) is 1. The van der Waals surface area contributed by atoms with Gasteiger partial charge in [-0.15, -0.1) is 0 Å². The SMILES string of the molecule is c1ccc(-c2cccc(-c3cccc(N(c4cccc(-c5ccccc5)c4)c4cccc5c4Oc4ccc6c(c4O5)-c4ccccc4C64c5ccccc5-c5ccccc54)c3)c2)cc1. The van der Waals surface area contributed by atoms with Gasteiger partial charge in [-0.3, -0.25) is 0 Å². The average molecular weight is 818 g/mol. The summed E-state index contributed by atoms with van der Waals surface area (Å²) in [5.74, 6) is 2.76. The maximum Gasteiger partial charge on any atom is 0.194 e. The summed E-state index contributed by atoms with van der Waals surface area (Å²) in [6.45, 7) is 0. The van der Waals surface area contributed by atoms with Crippen LogP contribution in [-0.2, 0) is 5.41 Å². The van der Waals surface area contributed by atoms with Crippen LogP contribution in [0.4, 0.5) is 17.1 Å². The van der Waals surface area contributed by atoms with Crippen LogP contribution in [0, 0.1) is 0 Å². The molecular formula is C61H39NO2. The van der Waals surface area contributed by atoms with Gasteiger partial charge in [0.25, 0.3) is 0 Å². The topological polar surface area (TPSA) is 21.7 Å². The van der Waals surface area contributed by atoms with Crippen molar-refractivity contribution in [3.63, 3.8) is 0 Å². The highest BCUT2D eigenvalue weighted by atomic mass is 16.6. The van der Waals surface area contributed by atoms with Gasteiger partial charge >= 0.3 is 0 Å². The van der Waals surface area contributed by atoms with Crippen LogP contribution in [0.3, 0.4) is 0 Å². The molecule has 0 radical (unpaired) electrons. The van der Waals surface area contributed by atoms with E-state index in [2.05, 4.69) is 235 Å². The molecule has 0 aromatic heterocycles. The van der Waals surface area contributed by atoms with Crippen molar-refractivity contribution in [1.82, 2.24) is 0 Å². The predicted molar refractivity (Wildman–Crippen MR) is 260 cm³/mol. The highest BCUT2D eigenvalue weighted by Crippen LogP contribution is 2.66. The van der Waals surface area contributed by atoms with Crippen molar-refractivity contribution in [3.8, 4) is 78.6 Å². The molecule has 3 nitrogen and oxygen atoms in total. The summed E-state index contributed by atoms with van der Waals surface area (Å²) in [7, 11) is 0. The number of anilines is 3. The van der Waals surface area contributed by atoms with Crippen molar-refractivity contribution in [3.05, 3.63) is 259 Å². The Labute approximate surface area is 372 Å². The monoisotopic (exact) mass is 817 g/mol. The van der Waals surface area contributed by atoms with Crippen LogP contribution in [0.2, 0.25) is 0 Å². The Morgan fingerprint density at radius 2 is 0.734 bits per heavy atom. The summed E-state index contributed by atoms with van der Waals surface area (Å²) < 4.78 is 14.4. The zero-order chi connectivity index (χ0) is 42.2. The fraction of sp³-hybridized carbons (Fsp3) is 0.0164. The maximum atomic E-state index is 7.21. The Hall–Kier alpha value is -8.40. The lowest BCUT2D eigenvalue weighted by Gasteiger charge is -2.32. The van der Waals surface area contributed by atoms with E-state index in [4.69, 9.17) is 9.47 Å². The molecule has 10 aromatic carbocycles. The maximum absolute atomic E-state index is 7.21. The van der Waals surface area contributed by atoms with Gasteiger partial charge in [0.05, 0.1) is 11.1 Å². The first kappa shape index (κ1) is 36.3. The third-order valence-electron chi connectivity index (χ3n) is 13.3. The third-order valence-corrected chi connectivity index (χ3v) is 13.3. The molecule has 300 valence electrons.